The number of carbonyl (C=O) groups is 2. The summed E-state index contributed by atoms with van der Waals surface area (Å²) in [4.78, 5) is 39.7. The highest BCUT2D eigenvalue weighted by molar-refractivity contribution is 5.94. The molecular weight excluding hydrogens is 424 g/mol. The van der Waals surface area contributed by atoms with Crippen LogP contribution in [-0.2, 0) is 11.2 Å². The van der Waals surface area contributed by atoms with Gasteiger partial charge in [0.25, 0.3) is 5.91 Å². The van der Waals surface area contributed by atoms with Crippen LogP contribution in [0.1, 0.15) is 46.8 Å². The maximum atomic E-state index is 12.4. The molecule has 0 fully saturated rings. The average molecular weight is 448 g/mol. The van der Waals surface area contributed by atoms with Crippen LogP contribution in [0.4, 0.5) is 11.8 Å². The van der Waals surface area contributed by atoms with Crippen molar-refractivity contribution in [3.63, 3.8) is 0 Å². The molecule has 2 aromatic heterocycles. The molecule has 0 radical (unpaired) electrons. The minimum atomic E-state index is -0.973. The highest BCUT2D eigenvalue weighted by Crippen LogP contribution is 2.25. The standard InChI is InChI=1S/C22H24N8O3/c1-2-3-14(10-15-11-26-20-18(27-15)19(24)29-22(25)30-20)12-4-6-13(7-5-12)21(33)28-16(23)8-9-17(31)32/h1,4-7,11,14,16H,3,8-10,23H2,(H,28,33)(H,31,32)(H4,24,25,26,29,30). The normalized spacial score (nSPS) is 12.6. The van der Waals surface area contributed by atoms with Gasteiger partial charge in [0.15, 0.2) is 17.0 Å². The van der Waals surface area contributed by atoms with Gasteiger partial charge in [0.2, 0.25) is 5.95 Å². The lowest BCUT2D eigenvalue weighted by molar-refractivity contribution is -0.137. The van der Waals surface area contributed by atoms with E-state index < -0.39 is 12.1 Å². The number of nitrogens with one attached hydrogen (secondary N) is 1. The summed E-state index contributed by atoms with van der Waals surface area (Å²) in [5.41, 5.74) is 19.9. The van der Waals surface area contributed by atoms with Crippen molar-refractivity contribution in [1.82, 2.24) is 25.3 Å². The van der Waals surface area contributed by atoms with Crippen molar-refractivity contribution in [3.8, 4) is 12.3 Å². The first-order chi connectivity index (χ1) is 15.8. The number of anilines is 2. The van der Waals surface area contributed by atoms with Gasteiger partial charge in [0, 0.05) is 24.3 Å². The SMILES string of the molecule is C#CCC(Cc1cnc2nc(N)nc(N)c2n1)c1ccc(C(=O)NC(N)CCC(=O)O)cc1. The number of hydrogen-bond acceptors (Lipinski definition) is 9. The first kappa shape index (κ1) is 23.4. The minimum Gasteiger partial charge on any atom is -0.481 e. The van der Waals surface area contributed by atoms with Gasteiger partial charge in [-0.05, 0) is 30.5 Å². The largest absolute Gasteiger partial charge is 0.481 e. The lowest BCUT2D eigenvalue weighted by Crippen LogP contribution is -2.41. The van der Waals surface area contributed by atoms with Gasteiger partial charge in [-0.15, -0.1) is 12.3 Å². The Kier molecular flexibility index (Phi) is 7.32. The van der Waals surface area contributed by atoms with Crippen molar-refractivity contribution >= 4 is 34.8 Å². The summed E-state index contributed by atoms with van der Waals surface area (Å²) < 4.78 is 0. The van der Waals surface area contributed by atoms with Crippen LogP contribution in [0, 0.1) is 12.3 Å². The van der Waals surface area contributed by atoms with Gasteiger partial charge in [0.1, 0.15) is 0 Å². The van der Waals surface area contributed by atoms with Crippen molar-refractivity contribution in [3.05, 3.63) is 47.3 Å². The van der Waals surface area contributed by atoms with Crippen molar-refractivity contribution < 1.29 is 14.7 Å². The van der Waals surface area contributed by atoms with Gasteiger partial charge < -0.3 is 27.6 Å². The Hall–Kier alpha value is -4.30. The molecule has 0 saturated heterocycles. The molecule has 33 heavy (non-hydrogen) atoms. The Morgan fingerprint density at radius 3 is 2.55 bits per heavy atom. The highest BCUT2D eigenvalue weighted by Gasteiger charge is 2.16. The number of hydrogen-bond donors (Lipinski definition) is 5. The van der Waals surface area contributed by atoms with Crippen LogP contribution >= 0.6 is 0 Å². The van der Waals surface area contributed by atoms with Crippen LogP contribution in [0.25, 0.3) is 11.2 Å². The number of carboxylic acid groups (broad SMARTS) is 1. The predicted molar refractivity (Wildman–Crippen MR) is 123 cm³/mol. The number of fused-ring (bicyclic) bond motifs is 1. The molecule has 2 heterocycles. The molecular formula is C22H24N8O3. The quantitative estimate of drug-likeness (QED) is 0.231. The van der Waals surface area contributed by atoms with Gasteiger partial charge in [-0.3, -0.25) is 9.59 Å². The fourth-order valence-electron chi connectivity index (χ4n) is 3.29. The highest BCUT2D eigenvalue weighted by atomic mass is 16.4. The fraction of sp³-hybridized carbons (Fsp3) is 0.273. The van der Waals surface area contributed by atoms with Crippen LogP contribution in [0.15, 0.2) is 30.5 Å². The molecule has 0 saturated carbocycles. The molecule has 1 aromatic carbocycles. The summed E-state index contributed by atoms with van der Waals surface area (Å²) in [6.45, 7) is 0. The Morgan fingerprint density at radius 1 is 1.15 bits per heavy atom. The van der Waals surface area contributed by atoms with Crippen molar-refractivity contribution in [2.45, 2.75) is 37.8 Å². The van der Waals surface area contributed by atoms with E-state index in [1.165, 1.54) is 0 Å². The molecule has 3 rings (SSSR count). The maximum absolute atomic E-state index is 12.4. The van der Waals surface area contributed by atoms with Gasteiger partial charge in [-0.25, -0.2) is 9.97 Å². The van der Waals surface area contributed by atoms with Gasteiger partial charge >= 0.3 is 5.97 Å². The average Bonchev–Trinajstić information content (AvgIpc) is 2.78. The van der Waals surface area contributed by atoms with E-state index in [1.54, 1.807) is 18.3 Å². The third kappa shape index (κ3) is 6.11. The van der Waals surface area contributed by atoms with Crippen LogP contribution in [0.5, 0.6) is 0 Å². The van der Waals surface area contributed by atoms with Crippen LogP contribution in [0.3, 0.4) is 0 Å². The number of nitrogens with zero attached hydrogens (tertiary/aromatic N) is 4. The summed E-state index contributed by atoms with van der Waals surface area (Å²) >= 11 is 0. The van der Waals surface area contributed by atoms with Crippen LogP contribution < -0.4 is 22.5 Å². The monoisotopic (exact) mass is 448 g/mol. The Bertz CT molecular complexity index is 1210. The molecule has 0 aliphatic heterocycles. The minimum absolute atomic E-state index is 0.0271. The summed E-state index contributed by atoms with van der Waals surface area (Å²) in [5, 5.41) is 11.3. The number of aliphatic carboxylic acids is 1. The zero-order valence-corrected chi connectivity index (χ0v) is 17.7. The van der Waals surface area contributed by atoms with Crippen molar-refractivity contribution in [1.29, 1.82) is 0 Å². The Morgan fingerprint density at radius 2 is 1.88 bits per heavy atom. The smallest absolute Gasteiger partial charge is 0.303 e. The molecule has 3 aromatic rings. The van der Waals surface area contributed by atoms with E-state index in [4.69, 9.17) is 28.7 Å². The summed E-state index contributed by atoms with van der Waals surface area (Å²) in [6, 6.07) is 6.95. The van der Waals surface area contributed by atoms with Gasteiger partial charge in [-0.1, -0.05) is 12.1 Å². The number of carboxylic acids is 1. The lowest BCUT2D eigenvalue weighted by Gasteiger charge is -2.16. The molecule has 0 bridgehead atoms. The summed E-state index contributed by atoms with van der Waals surface area (Å²) in [6.07, 6.45) is 7.36. The second kappa shape index (κ2) is 10.3. The Balaban J connectivity index is 1.73. The second-order valence-electron chi connectivity index (χ2n) is 7.44. The number of rotatable bonds is 9. The molecule has 2 atom stereocenters. The third-order valence-corrected chi connectivity index (χ3v) is 4.95. The molecule has 170 valence electrons. The van der Waals surface area contributed by atoms with Gasteiger partial charge in [0.05, 0.1) is 18.1 Å². The van der Waals surface area contributed by atoms with E-state index in [1.807, 2.05) is 12.1 Å². The number of carbonyl (C=O) groups excluding carboxylic acids is 1. The van der Waals surface area contributed by atoms with Crippen molar-refractivity contribution in [2.24, 2.45) is 5.73 Å². The number of terminal acetylenes is 1. The molecule has 11 heteroatoms. The summed E-state index contributed by atoms with van der Waals surface area (Å²) in [7, 11) is 0. The molecule has 2 unspecified atom stereocenters. The maximum Gasteiger partial charge on any atom is 0.303 e. The lowest BCUT2D eigenvalue weighted by atomic mass is 9.91. The van der Waals surface area contributed by atoms with E-state index in [0.29, 0.717) is 35.3 Å². The molecule has 11 nitrogen and oxygen atoms in total. The molecule has 0 spiro atoms. The molecule has 8 N–H and O–H groups in total. The first-order valence-corrected chi connectivity index (χ1v) is 10.1. The van der Waals surface area contributed by atoms with Gasteiger partial charge in [-0.2, -0.15) is 9.97 Å². The van der Waals surface area contributed by atoms with E-state index in [2.05, 4.69) is 31.2 Å². The topological polar surface area (TPSA) is 196 Å². The third-order valence-electron chi connectivity index (χ3n) is 4.95. The zero-order valence-electron chi connectivity index (χ0n) is 17.7. The van der Waals surface area contributed by atoms with E-state index >= 15 is 0 Å². The number of benzene rings is 1. The molecule has 0 aliphatic rings. The van der Waals surface area contributed by atoms with Crippen LogP contribution in [0.2, 0.25) is 0 Å². The summed E-state index contributed by atoms with van der Waals surface area (Å²) in [5.74, 6) is 1.41. The molecule has 0 aliphatic carbocycles. The van der Waals surface area contributed by atoms with Crippen LogP contribution in [-0.4, -0.2) is 43.1 Å². The fourth-order valence-corrected chi connectivity index (χ4v) is 3.29. The molecule has 1 amide bonds. The predicted octanol–water partition coefficient (Wildman–Crippen LogP) is 0.813. The number of amides is 1. The van der Waals surface area contributed by atoms with E-state index in [0.717, 1.165) is 5.56 Å². The van der Waals surface area contributed by atoms with Crippen molar-refractivity contribution in [2.75, 3.05) is 11.5 Å². The second-order valence-corrected chi connectivity index (χ2v) is 7.44. The first-order valence-electron chi connectivity index (χ1n) is 10.1. The number of nitrogen functional groups attached to an aromatic ring is 2. The Labute approximate surface area is 189 Å². The van der Waals surface area contributed by atoms with E-state index in [-0.39, 0.29) is 36.4 Å². The van der Waals surface area contributed by atoms with E-state index in [9.17, 15) is 9.59 Å². The number of aromatic nitrogens is 4. The number of nitrogens with two attached hydrogens (primary N) is 3. The zero-order chi connectivity index (χ0) is 24.0.